The highest BCUT2D eigenvalue weighted by Crippen LogP contribution is 2.29. The first-order valence-corrected chi connectivity index (χ1v) is 9.77. The van der Waals surface area contributed by atoms with E-state index in [0.29, 0.717) is 18.5 Å². The molecule has 1 unspecified atom stereocenters. The summed E-state index contributed by atoms with van der Waals surface area (Å²) in [5.74, 6) is -0.893. The molecule has 0 radical (unpaired) electrons. The molecule has 30 heavy (non-hydrogen) atoms. The number of benzene rings is 2. The van der Waals surface area contributed by atoms with Crippen molar-refractivity contribution in [2.24, 2.45) is 0 Å². The lowest BCUT2D eigenvalue weighted by atomic mass is 10.0. The molecule has 0 aliphatic carbocycles. The first-order valence-electron chi connectivity index (χ1n) is 9.77. The van der Waals surface area contributed by atoms with Gasteiger partial charge < -0.3 is 4.90 Å². The Balaban J connectivity index is 1.42. The van der Waals surface area contributed by atoms with Crippen LogP contribution in [-0.2, 0) is 16.1 Å². The number of hydrogen-bond donors (Lipinski definition) is 1. The molecule has 8 heteroatoms. The van der Waals surface area contributed by atoms with E-state index in [9.17, 15) is 14.4 Å². The maximum Gasteiger partial charge on any atom is 0.255 e. The van der Waals surface area contributed by atoms with Crippen molar-refractivity contribution in [2.45, 2.75) is 32.4 Å². The minimum atomic E-state index is -0.620. The van der Waals surface area contributed by atoms with E-state index >= 15 is 0 Å². The van der Waals surface area contributed by atoms with E-state index in [1.807, 2.05) is 49.5 Å². The molecule has 1 atom stereocenters. The van der Waals surface area contributed by atoms with Crippen molar-refractivity contribution in [2.75, 3.05) is 0 Å². The second-order valence-corrected chi connectivity index (χ2v) is 7.60. The van der Waals surface area contributed by atoms with Gasteiger partial charge in [-0.25, -0.2) is 4.68 Å². The minimum absolute atomic E-state index is 0.190. The maximum atomic E-state index is 12.8. The summed E-state index contributed by atoms with van der Waals surface area (Å²) in [5.41, 5.74) is 5.10. The number of fused-ring (bicyclic) bond motifs is 1. The Labute approximate surface area is 172 Å². The van der Waals surface area contributed by atoms with Gasteiger partial charge in [0.25, 0.3) is 5.91 Å². The van der Waals surface area contributed by atoms with E-state index in [2.05, 4.69) is 15.6 Å². The highest BCUT2D eigenvalue weighted by atomic mass is 16.2. The van der Waals surface area contributed by atoms with Gasteiger partial charge in [0.2, 0.25) is 11.8 Å². The fraction of sp³-hybridized carbons (Fsp3) is 0.227. The number of carbonyl (C=O) groups is 3. The first kappa shape index (κ1) is 18.2. The Kier molecular flexibility index (Phi) is 4.20. The second-order valence-electron chi connectivity index (χ2n) is 7.60. The van der Waals surface area contributed by atoms with Crippen molar-refractivity contribution < 1.29 is 14.4 Å². The second kappa shape index (κ2) is 6.91. The smallest absolute Gasteiger partial charge is 0.255 e. The van der Waals surface area contributed by atoms with Crippen LogP contribution in [0.1, 0.15) is 34.3 Å². The van der Waals surface area contributed by atoms with E-state index in [-0.39, 0.29) is 18.2 Å². The van der Waals surface area contributed by atoms with E-state index in [1.54, 1.807) is 10.7 Å². The third-order valence-electron chi connectivity index (χ3n) is 5.69. The van der Waals surface area contributed by atoms with Crippen LogP contribution in [0.5, 0.6) is 0 Å². The lowest BCUT2D eigenvalue weighted by Gasteiger charge is -2.29. The molecule has 3 heterocycles. The van der Waals surface area contributed by atoms with Crippen LogP contribution in [0.3, 0.4) is 0 Å². The van der Waals surface area contributed by atoms with Gasteiger partial charge in [-0.3, -0.25) is 19.7 Å². The van der Waals surface area contributed by atoms with Gasteiger partial charge in [-0.2, -0.15) is 0 Å². The van der Waals surface area contributed by atoms with Crippen molar-refractivity contribution in [3.63, 3.8) is 0 Å². The van der Waals surface area contributed by atoms with Gasteiger partial charge in [0.1, 0.15) is 11.7 Å². The van der Waals surface area contributed by atoms with Gasteiger partial charge in [-0.1, -0.05) is 29.5 Å². The van der Waals surface area contributed by atoms with Crippen LogP contribution in [0.4, 0.5) is 0 Å². The molecule has 5 rings (SSSR count). The van der Waals surface area contributed by atoms with Gasteiger partial charge in [-0.15, -0.1) is 5.10 Å². The van der Waals surface area contributed by atoms with Crippen LogP contribution in [0.15, 0.2) is 48.7 Å². The number of aryl methyl sites for hydroxylation is 1. The Morgan fingerprint density at radius 2 is 1.90 bits per heavy atom. The highest BCUT2D eigenvalue weighted by molar-refractivity contribution is 6.05. The number of amides is 3. The number of piperidine rings is 1. The van der Waals surface area contributed by atoms with Crippen LogP contribution in [-0.4, -0.2) is 43.7 Å². The summed E-state index contributed by atoms with van der Waals surface area (Å²) >= 11 is 0. The lowest BCUT2D eigenvalue weighted by Crippen LogP contribution is -2.52. The van der Waals surface area contributed by atoms with Crippen molar-refractivity contribution in [3.8, 4) is 16.9 Å². The van der Waals surface area contributed by atoms with E-state index in [1.165, 1.54) is 4.90 Å². The summed E-state index contributed by atoms with van der Waals surface area (Å²) in [4.78, 5) is 38.0. The average molecular weight is 401 g/mol. The molecule has 1 aromatic heterocycles. The quantitative estimate of drug-likeness (QED) is 0.677. The monoisotopic (exact) mass is 401 g/mol. The maximum absolute atomic E-state index is 12.8. The molecule has 1 fully saturated rings. The molecule has 2 aliphatic heterocycles. The highest BCUT2D eigenvalue weighted by Gasteiger charge is 2.39. The van der Waals surface area contributed by atoms with Crippen molar-refractivity contribution in [1.29, 1.82) is 0 Å². The largest absolute Gasteiger partial charge is 0.322 e. The number of aromatic nitrogens is 3. The molecular formula is C22H19N5O3. The Hall–Kier alpha value is -3.81. The SMILES string of the molecule is Cc1ccccc1-c1cn(-c2ccc3c(c2)CN(C2CCC(=O)NC2=O)C3=O)nn1. The molecule has 8 nitrogen and oxygen atoms in total. The molecule has 1 N–H and O–H groups in total. The minimum Gasteiger partial charge on any atom is -0.322 e. The van der Waals surface area contributed by atoms with Crippen molar-refractivity contribution in [1.82, 2.24) is 25.2 Å². The summed E-state index contributed by atoms with van der Waals surface area (Å²) in [6, 6.07) is 12.8. The molecule has 2 aliphatic rings. The molecular weight excluding hydrogens is 382 g/mol. The summed E-state index contributed by atoms with van der Waals surface area (Å²) in [6.07, 6.45) is 2.45. The zero-order valence-corrected chi connectivity index (χ0v) is 16.3. The summed E-state index contributed by atoms with van der Waals surface area (Å²) in [5, 5.41) is 10.9. The predicted molar refractivity (Wildman–Crippen MR) is 108 cm³/mol. The average Bonchev–Trinajstić information content (AvgIpc) is 3.34. The number of nitrogens with one attached hydrogen (secondary N) is 1. The molecule has 2 aromatic carbocycles. The number of hydrogen-bond acceptors (Lipinski definition) is 5. The Morgan fingerprint density at radius 1 is 1.07 bits per heavy atom. The van der Waals surface area contributed by atoms with Crippen LogP contribution < -0.4 is 5.32 Å². The fourth-order valence-electron chi connectivity index (χ4n) is 4.08. The van der Waals surface area contributed by atoms with E-state index in [4.69, 9.17) is 0 Å². The van der Waals surface area contributed by atoms with Crippen LogP contribution in [0.2, 0.25) is 0 Å². The summed E-state index contributed by atoms with van der Waals surface area (Å²) < 4.78 is 1.68. The third-order valence-corrected chi connectivity index (χ3v) is 5.69. The van der Waals surface area contributed by atoms with Crippen LogP contribution in [0.25, 0.3) is 16.9 Å². The number of rotatable bonds is 3. The van der Waals surface area contributed by atoms with Crippen LogP contribution in [0, 0.1) is 6.92 Å². The Bertz CT molecular complexity index is 1200. The number of carbonyl (C=O) groups excluding carboxylic acids is 3. The van der Waals surface area contributed by atoms with E-state index in [0.717, 1.165) is 28.1 Å². The molecule has 0 spiro atoms. The number of imide groups is 1. The fourth-order valence-corrected chi connectivity index (χ4v) is 4.08. The topological polar surface area (TPSA) is 97.2 Å². The molecule has 3 aromatic rings. The zero-order valence-electron chi connectivity index (χ0n) is 16.3. The standard InChI is InChI=1S/C22H19N5O3/c1-13-4-2-3-5-16(13)18-12-27(25-24-18)15-6-7-17-14(10-15)11-26(22(17)30)19-8-9-20(28)23-21(19)29/h2-7,10,12,19H,8-9,11H2,1H3,(H,23,28,29). The first-order chi connectivity index (χ1) is 14.5. The van der Waals surface area contributed by atoms with Gasteiger partial charge in [0.15, 0.2) is 0 Å². The van der Waals surface area contributed by atoms with Gasteiger partial charge in [0, 0.05) is 24.1 Å². The van der Waals surface area contributed by atoms with Gasteiger partial charge >= 0.3 is 0 Å². The summed E-state index contributed by atoms with van der Waals surface area (Å²) in [7, 11) is 0. The summed E-state index contributed by atoms with van der Waals surface area (Å²) in [6.45, 7) is 2.35. The van der Waals surface area contributed by atoms with Crippen molar-refractivity contribution in [3.05, 3.63) is 65.4 Å². The normalized spacial score (nSPS) is 18.5. The van der Waals surface area contributed by atoms with Crippen LogP contribution >= 0.6 is 0 Å². The number of nitrogens with zero attached hydrogens (tertiary/aromatic N) is 4. The Morgan fingerprint density at radius 3 is 2.70 bits per heavy atom. The van der Waals surface area contributed by atoms with Crippen molar-refractivity contribution >= 4 is 17.7 Å². The lowest BCUT2D eigenvalue weighted by molar-refractivity contribution is -0.136. The molecule has 0 bridgehead atoms. The molecule has 3 amide bonds. The third kappa shape index (κ3) is 2.97. The molecule has 1 saturated heterocycles. The molecule has 150 valence electrons. The van der Waals surface area contributed by atoms with Gasteiger partial charge in [-0.05, 0) is 42.7 Å². The predicted octanol–water partition coefficient (Wildman–Crippen LogP) is 2.00. The zero-order chi connectivity index (χ0) is 20.8. The molecule has 0 saturated carbocycles. The van der Waals surface area contributed by atoms with Gasteiger partial charge in [0.05, 0.1) is 11.9 Å². The van der Waals surface area contributed by atoms with E-state index < -0.39 is 11.9 Å².